The van der Waals surface area contributed by atoms with Gasteiger partial charge in [0.1, 0.15) is 5.78 Å². The minimum absolute atomic E-state index is 0.118. The number of fused-ring (bicyclic) bond motifs is 3. The molecule has 1 unspecified atom stereocenters. The maximum absolute atomic E-state index is 12.8. The number of hydrogen-bond acceptors (Lipinski definition) is 1. The maximum Gasteiger partial charge on any atom is 0.149 e. The molecule has 5 rings (SSSR count). The Bertz CT molecular complexity index is 1150. The van der Waals surface area contributed by atoms with Crippen LogP contribution in [-0.2, 0) is 11.2 Å². The van der Waals surface area contributed by atoms with E-state index < -0.39 is 0 Å². The van der Waals surface area contributed by atoms with Crippen LogP contribution in [-0.4, -0.2) is 5.78 Å². The van der Waals surface area contributed by atoms with Crippen molar-refractivity contribution in [3.8, 4) is 0 Å². The maximum atomic E-state index is 12.8. The molecule has 4 aromatic rings. The molecule has 1 aliphatic carbocycles. The Morgan fingerprint density at radius 1 is 0.720 bits per heavy atom. The highest BCUT2D eigenvalue weighted by molar-refractivity contribution is 6.02. The summed E-state index contributed by atoms with van der Waals surface area (Å²) in [4.78, 5) is 12.8. The van der Waals surface area contributed by atoms with Crippen molar-refractivity contribution in [3.05, 3.63) is 95.1 Å². The first-order valence-corrected chi connectivity index (χ1v) is 8.74. The van der Waals surface area contributed by atoms with Gasteiger partial charge in [-0.05, 0) is 68.9 Å². The molecule has 4 aromatic carbocycles. The van der Waals surface area contributed by atoms with Crippen LogP contribution in [0.25, 0.3) is 21.5 Å². The predicted octanol–water partition coefficient (Wildman–Crippen LogP) is 5.56. The lowest BCUT2D eigenvalue weighted by atomic mass is 9.88. The molecule has 1 aliphatic rings. The van der Waals surface area contributed by atoms with Gasteiger partial charge in [0.15, 0.2) is 0 Å². The zero-order valence-corrected chi connectivity index (χ0v) is 14.1. The molecule has 0 amide bonds. The van der Waals surface area contributed by atoms with Gasteiger partial charge < -0.3 is 0 Å². The molecule has 0 saturated heterocycles. The lowest BCUT2D eigenvalue weighted by Crippen LogP contribution is -2.09. The highest BCUT2D eigenvalue weighted by atomic mass is 16.1. The molecule has 120 valence electrons. The second kappa shape index (κ2) is 5.29. The fourth-order valence-electron chi connectivity index (χ4n) is 4.19. The van der Waals surface area contributed by atoms with Crippen LogP contribution >= 0.6 is 0 Å². The fraction of sp³-hybridized carbons (Fsp3) is 0.125. The summed E-state index contributed by atoms with van der Waals surface area (Å²) in [7, 11) is 0. The topological polar surface area (TPSA) is 17.1 Å². The van der Waals surface area contributed by atoms with Crippen molar-refractivity contribution in [1.82, 2.24) is 0 Å². The highest BCUT2D eigenvalue weighted by Gasteiger charge is 2.32. The minimum atomic E-state index is -0.118. The molecule has 1 nitrogen and oxygen atoms in total. The van der Waals surface area contributed by atoms with E-state index in [1.165, 1.54) is 38.2 Å². The summed E-state index contributed by atoms with van der Waals surface area (Å²) >= 11 is 0. The molecular formula is C24H18O. The van der Waals surface area contributed by atoms with E-state index in [4.69, 9.17) is 0 Å². The van der Waals surface area contributed by atoms with E-state index in [9.17, 15) is 4.79 Å². The molecular weight excluding hydrogens is 304 g/mol. The Hall–Kier alpha value is -2.93. The predicted molar refractivity (Wildman–Crippen MR) is 103 cm³/mol. The fourth-order valence-corrected chi connectivity index (χ4v) is 4.19. The molecule has 0 N–H and O–H groups in total. The number of hydrogen-bond donors (Lipinski definition) is 0. The summed E-state index contributed by atoms with van der Waals surface area (Å²) in [5.41, 5.74) is 4.70. The smallest absolute Gasteiger partial charge is 0.149 e. The SMILES string of the molecule is Cc1ccccc1C1C(=O)Cc2cc3cc4ccccc4cc3cc21. The number of carbonyl (C=O) groups is 1. The quantitative estimate of drug-likeness (QED) is 0.419. The van der Waals surface area contributed by atoms with Crippen LogP contribution in [0.4, 0.5) is 0 Å². The molecule has 0 spiro atoms. The Kier molecular flexibility index (Phi) is 3.05. The average Bonchev–Trinajstić information content (AvgIpc) is 2.93. The molecule has 1 heteroatoms. The van der Waals surface area contributed by atoms with Crippen LogP contribution in [0.5, 0.6) is 0 Å². The third kappa shape index (κ3) is 2.20. The second-order valence-electron chi connectivity index (χ2n) is 7.03. The average molecular weight is 322 g/mol. The lowest BCUT2D eigenvalue weighted by molar-refractivity contribution is -0.118. The first-order chi connectivity index (χ1) is 12.2. The van der Waals surface area contributed by atoms with Gasteiger partial charge in [-0.25, -0.2) is 0 Å². The standard InChI is InChI=1S/C24H18O/c1-15-6-2-5-9-21(15)24-22-13-19-11-17-8-4-3-7-16(17)10-18(19)12-20(22)14-23(24)25/h2-13,24H,14H2,1H3. The third-order valence-electron chi connectivity index (χ3n) is 5.46. The first kappa shape index (κ1) is 14.4. The largest absolute Gasteiger partial charge is 0.298 e. The van der Waals surface area contributed by atoms with Gasteiger partial charge in [0, 0.05) is 6.42 Å². The molecule has 0 heterocycles. The summed E-state index contributed by atoms with van der Waals surface area (Å²) in [5, 5.41) is 4.92. The number of Topliss-reactive ketones (excluding diaryl/α,β-unsaturated/α-hetero) is 1. The zero-order chi connectivity index (χ0) is 17.0. The summed E-state index contributed by atoms with van der Waals surface area (Å²) in [6.45, 7) is 2.09. The van der Waals surface area contributed by atoms with Gasteiger partial charge in [-0.3, -0.25) is 4.79 Å². The summed E-state index contributed by atoms with van der Waals surface area (Å²) in [5.74, 6) is 0.191. The summed E-state index contributed by atoms with van der Waals surface area (Å²) in [6.07, 6.45) is 0.539. The molecule has 0 fully saturated rings. The van der Waals surface area contributed by atoms with Crippen LogP contribution in [0, 0.1) is 6.92 Å². The van der Waals surface area contributed by atoms with Crippen LogP contribution in [0.3, 0.4) is 0 Å². The van der Waals surface area contributed by atoms with Crippen LogP contribution in [0.2, 0.25) is 0 Å². The van der Waals surface area contributed by atoms with Crippen molar-refractivity contribution >= 4 is 27.3 Å². The molecule has 0 aliphatic heterocycles. The van der Waals surface area contributed by atoms with E-state index >= 15 is 0 Å². The Labute approximate surface area is 146 Å². The Balaban J connectivity index is 1.76. The summed E-state index contributed by atoms with van der Waals surface area (Å²) < 4.78 is 0. The van der Waals surface area contributed by atoms with E-state index in [1.807, 2.05) is 12.1 Å². The van der Waals surface area contributed by atoms with Crippen LogP contribution in [0.1, 0.15) is 28.2 Å². The van der Waals surface area contributed by atoms with Crippen LogP contribution in [0.15, 0.2) is 72.8 Å². The van der Waals surface area contributed by atoms with Crippen LogP contribution < -0.4 is 0 Å². The molecule has 0 saturated carbocycles. The van der Waals surface area contributed by atoms with E-state index in [0.29, 0.717) is 12.2 Å². The molecule has 25 heavy (non-hydrogen) atoms. The number of carbonyl (C=O) groups excluding carboxylic acids is 1. The zero-order valence-electron chi connectivity index (χ0n) is 14.1. The first-order valence-electron chi connectivity index (χ1n) is 8.74. The van der Waals surface area contributed by atoms with Crippen molar-refractivity contribution in [2.24, 2.45) is 0 Å². The van der Waals surface area contributed by atoms with Gasteiger partial charge in [-0.1, -0.05) is 54.6 Å². The van der Waals surface area contributed by atoms with Crippen molar-refractivity contribution in [2.75, 3.05) is 0 Å². The van der Waals surface area contributed by atoms with Gasteiger partial charge in [-0.2, -0.15) is 0 Å². The van der Waals surface area contributed by atoms with E-state index in [0.717, 1.165) is 5.56 Å². The van der Waals surface area contributed by atoms with E-state index in [2.05, 4.69) is 67.6 Å². The normalized spacial score (nSPS) is 16.5. The number of aryl methyl sites for hydroxylation is 1. The van der Waals surface area contributed by atoms with E-state index in [1.54, 1.807) is 0 Å². The second-order valence-corrected chi connectivity index (χ2v) is 7.03. The van der Waals surface area contributed by atoms with Crippen molar-refractivity contribution in [3.63, 3.8) is 0 Å². The van der Waals surface area contributed by atoms with Gasteiger partial charge >= 0.3 is 0 Å². The minimum Gasteiger partial charge on any atom is -0.298 e. The van der Waals surface area contributed by atoms with Gasteiger partial charge in [-0.15, -0.1) is 0 Å². The monoisotopic (exact) mass is 322 g/mol. The summed E-state index contributed by atoms with van der Waals surface area (Å²) in [6, 6.07) is 25.6. The molecule has 0 bridgehead atoms. The number of benzene rings is 4. The van der Waals surface area contributed by atoms with Gasteiger partial charge in [0.2, 0.25) is 0 Å². The number of rotatable bonds is 1. The van der Waals surface area contributed by atoms with Crippen molar-refractivity contribution < 1.29 is 4.79 Å². The highest BCUT2D eigenvalue weighted by Crippen LogP contribution is 2.39. The van der Waals surface area contributed by atoms with E-state index in [-0.39, 0.29) is 5.92 Å². The van der Waals surface area contributed by atoms with Gasteiger partial charge in [0.05, 0.1) is 5.92 Å². The number of ketones is 1. The lowest BCUT2D eigenvalue weighted by Gasteiger charge is -2.14. The van der Waals surface area contributed by atoms with Gasteiger partial charge in [0.25, 0.3) is 0 Å². The third-order valence-corrected chi connectivity index (χ3v) is 5.46. The van der Waals surface area contributed by atoms with Crippen molar-refractivity contribution in [1.29, 1.82) is 0 Å². The molecule has 0 radical (unpaired) electrons. The Morgan fingerprint density at radius 2 is 1.36 bits per heavy atom. The van der Waals surface area contributed by atoms with Crippen molar-refractivity contribution in [2.45, 2.75) is 19.3 Å². The molecule has 1 atom stereocenters. The molecule has 0 aromatic heterocycles. The Morgan fingerprint density at radius 3 is 2.08 bits per heavy atom.